The lowest BCUT2D eigenvalue weighted by molar-refractivity contribution is -0.0912. The molecule has 2 unspecified atom stereocenters. The number of aryl methyl sites for hydroxylation is 1. The Balaban J connectivity index is 1.07. The average Bonchev–Trinajstić information content (AvgIpc) is 4.02. The van der Waals surface area contributed by atoms with Gasteiger partial charge in [0.2, 0.25) is 12.2 Å². The third-order valence-electron chi connectivity index (χ3n) is 10.8. The van der Waals surface area contributed by atoms with Crippen LogP contribution in [-0.4, -0.2) is 69.7 Å². The van der Waals surface area contributed by atoms with E-state index in [4.69, 9.17) is 35.8 Å². The van der Waals surface area contributed by atoms with Gasteiger partial charge in [-0.1, -0.05) is 37.3 Å². The van der Waals surface area contributed by atoms with Crippen molar-refractivity contribution in [2.75, 3.05) is 0 Å². The highest BCUT2D eigenvalue weighted by Gasteiger charge is 2.34. The Morgan fingerprint density at radius 1 is 0.982 bits per heavy atom. The quantitative estimate of drug-likeness (QED) is 0.100. The third kappa shape index (κ3) is 8.03. The molecule has 0 bridgehead atoms. The topological polar surface area (TPSA) is 175 Å². The number of hydrogen-bond donors (Lipinski definition) is 0. The summed E-state index contributed by atoms with van der Waals surface area (Å²) in [7, 11) is 0. The predicted octanol–water partition coefficient (Wildman–Crippen LogP) is 7.60. The molecule has 4 aromatic heterocycles. The molecule has 2 fully saturated rings. The molecule has 5 aromatic rings. The summed E-state index contributed by atoms with van der Waals surface area (Å²) in [6, 6.07) is 7.73. The first-order valence-corrected chi connectivity index (χ1v) is 20.4. The van der Waals surface area contributed by atoms with E-state index in [2.05, 4.69) is 15.5 Å². The van der Waals surface area contributed by atoms with E-state index in [-0.39, 0.29) is 28.4 Å². The average molecular weight is 801 g/mol. The van der Waals surface area contributed by atoms with Crippen LogP contribution in [0.5, 0.6) is 0 Å². The summed E-state index contributed by atoms with van der Waals surface area (Å²) in [4.78, 5) is 63.8. The molecule has 1 aliphatic heterocycles. The van der Waals surface area contributed by atoms with Gasteiger partial charge in [0.05, 0.1) is 29.3 Å². The van der Waals surface area contributed by atoms with Crippen molar-refractivity contribution < 1.29 is 28.6 Å². The monoisotopic (exact) mass is 800 g/mol. The Morgan fingerprint density at radius 2 is 1.77 bits per heavy atom. The van der Waals surface area contributed by atoms with Crippen LogP contribution in [-0.2, 0) is 20.6 Å². The Hall–Kier alpha value is -5.22. The van der Waals surface area contributed by atoms with Crippen LogP contribution >= 0.6 is 22.9 Å². The highest BCUT2D eigenvalue weighted by atomic mass is 35.5. The van der Waals surface area contributed by atoms with Crippen molar-refractivity contribution in [3.8, 4) is 28.2 Å². The van der Waals surface area contributed by atoms with Gasteiger partial charge in [-0.25, -0.2) is 19.6 Å². The molecule has 8 rings (SSSR count). The maximum atomic E-state index is 14.3. The lowest BCUT2D eigenvalue weighted by atomic mass is 9.87. The van der Waals surface area contributed by atoms with Crippen molar-refractivity contribution in [2.24, 2.45) is 5.92 Å². The molecule has 0 spiro atoms. The molecule has 1 aromatic carbocycles. The van der Waals surface area contributed by atoms with Crippen molar-refractivity contribution in [1.82, 2.24) is 39.3 Å². The van der Waals surface area contributed by atoms with E-state index >= 15 is 0 Å². The fourth-order valence-electron chi connectivity index (χ4n) is 8.10. The van der Waals surface area contributed by atoms with Gasteiger partial charge in [-0.2, -0.15) is 4.68 Å². The largest absolute Gasteiger partial charge is 0.511 e. The Kier molecular flexibility index (Phi) is 11.1. The number of hydrogen-bond acceptors (Lipinski definition) is 13. The van der Waals surface area contributed by atoms with E-state index in [9.17, 15) is 19.2 Å². The molecule has 17 heteroatoms. The molecule has 0 radical (unpaired) electrons. The number of rotatable bonds is 10. The number of ether oxygens (including phenoxy) is 3. The van der Waals surface area contributed by atoms with Gasteiger partial charge in [0.25, 0.3) is 5.56 Å². The van der Waals surface area contributed by atoms with Gasteiger partial charge in [-0.3, -0.25) is 18.7 Å². The van der Waals surface area contributed by atoms with Crippen molar-refractivity contribution >= 4 is 41.0 Å². The second-order valence-electron chi connectivity index (χ2n) is 14.6. The number of halogens is 1. The van der Waals surface area contributed by atoms with E-state index in [1.807, 2.05) is 0 Å². The van der Waals surface area contributed by atoms with E-state index in [1.165, 1.54) is 24.0 Å². The van der Waals surface area contributed by atoms with Crippen LogP contribution < -0.4 is 5.56 Å². The maximum absolute atomic E-state index is 14.3. The Morgan fingerprint density at radius 3 is 2.54 bits per heavy atom. The van der Waals surface area contributed by atoms with Crippen LogP contribution in [0.2, 0.25) is 5.02 Å². The first-order valence-electron chi connectivity index (χ1n) is 19.2. The summed E-state index contributed by atoms with van der Waals surface area (Å²) >= 11 is 7.53. The molecule has 3 aliphatic rings. The molecular formula is C39H41ClN8O7S. The maximum Gasteiger partial charge on any atom is 0.511 e. The number of aromatic nitrogens is 8. The fourth-order valence-corrected chi connectivity index (χ4v) is 9.05. The fraction of sp³-hybridized carbons (Fsp3) is 0.462. The number of carbonyl (C=O) groups is 3. The van der Waals surface area contributed by atoms with Gasteiger partial charge < -0.3 is 14.2 Å². The molecular weight excluding hydrogens is 760 g/mol. The minimum Gasteiger partial charge on any atom is -0.431 e. The molecule has 2 atom stereocenters. The highest BCUT2D eigenvalue weighted by molar-refractivity contribution is 7.12. The highest BCUT2D eigenvalue weighted by Crippen LogP contribution is 2.37. The molecule has 0 N–H and O–H groups in total. The van der Waals surface area contributed by atoms with Gasteiger partial charge in [0.15, 0.2) is 0 Å². The number of nitrogens with zero attached hydrogens (tertiary/aromatic N) is 8. The van der Waals surface area contributed by atoms with Crippen molar-refractivity contribution in [2.45, 2.75) is 109 Å². The van der Waals surface area contributed by atoms with Gasteiger partial charge in [-0.15, -0.1) is 16.4 Å². The van der Waals surface area contributed by atoms with Crippen LogP contribution in [0.15, 0.2) is 53.0 Å². The number of imidazole rings is 1. The van der Waals surface area contributed by atoms with Crippen LogP contribution in [0.25, 0.3) is 28.2 Å². The summed E-state index contributed by atoms with van der Waals surface area (Å²) in [5.41, 5.74) is 2.42. The van der Waals surface area contributed by atoms with Crippen molar-refractivity contribution in [3.05, 3.63) is 80.1 Å². The number of fused-ring (bicyclic) bond motifs is 1. The number of carbonyl (C=O) groups excluding carboxylic acids is 3. The van der Waals surface area contributed by atoms with Crippen molar-refractivity contribution in [1.29, 1.82) is 0 Å². The zero-order valence-electron chi connectivity index (χ0n) is 30.8. The molecule has 0 saturated heterocycles. The Labute approximate surface area is 331 Å². The summed E-state index contributed by atoms with van der Waals surface area (Å²) in [6.45, 7) is 1.46. The molecule has 292 valence electrons. The summed E-state index contributed by atoms with van der Waals surface area (Å²) in [5.74, 6) is 0.427. The van der Waals surface area contributed by atoms with E-state index in [0.717, 1.165) is 75.5 Å². The third-order valence-corrected chi connectivity index (χ3v) is 11.9. The molecule has 56 heavy (non-hydrogen) atoms. The first kappa shape index (κ1) is 37.7. The lowest BCUT2D eigenvalue weighted by Gasteiger charge is -2.22. The van der Waals surface area contributed by atoms with E-state index in [0.29, 0.717) is 64.1 Å². The number of benzene rings is 1. The number of tetrazole rings is 1. The second kappa shape index (κ2) is 16.5. The van der Waals surface area contributed by atoms with Gasteiger partial charge >= 0.3 is 12.1 Å². The van der Waals surface area contributed by atoms with Crippen LogP contribution in [0, 0.1) is 5.92 Å². The summed E-state index contributed by atoms with van der Waals surface area (Å²) in [6.07, 6.45) is 12.1. The van der Waals surface area contributed by atoms with Crippen molar-refractivity contribution in [3.63, 3.8) is 0 Å². The van der Waals surface area contributed by atoms with Crippen LogP contribution in [0.4, 0.5) is 4.79 Å². The standard InChI is InChI=1S/C39H41ClN8O7S/c1-23(54-39(52)55-27-10-6-3-7-11-27)53-38(51)33-17-25(21-56-33)32-20-41-37(48(32)35(49)16-24-8-4-2-5-9-24)31-14-15-34-43-29(19-36(50)47(31)34)28-18-26(40)12-13-30(28)46-22-42-44-45-46/h12-13,17-24,27,31H,2-11,14-16H2,1H3. The number of thiophene rings is 1. The molecule has 15 nitrogen and oxygen atoms in total. The number of esters is 1. The van der Waals surface area contributed by atoms with E-state index < -0.39 is 24.5 Å². The van der Waals surface area contributed by atoms with E-state index in [1.54, 1.807) is 45.0 Å². The predicted molar refractivity (Wildman–Crippen MR) is 205 cm³/mol. The van der Waals surface area contributed by atoms with Gasteiger partial charge in [0, 0.05) is 47.4 Å². The van der Waals surface area contributed by atoms with Gasteiger partial charge in [0.1, 0.15) is 29.0 Å². The molecule has 2 aliphatic carbocycles. The molecule has 0 amide bonds. The SMILES string of the molecule is CC(OC(=O)OC1CCCCC1)OC(=O)c1cc(-c2cnc(C3CCc4nc(-c5cc(Cl)ccc5-n5cnnn5)cc(=O)n43)n2C(=O)CC2CCCCC2)cs1. The van der Waals surface area contributed by atoms with Gasteiger partial charge in [-0.05, 0) is 85.6 Å². The molecule has 2 saturated carbocycles. The van der Waals surface area contributed by atoms with Crippen LogP contribution in [0.3, 0.4) is 0 Å². The zero-order chi connectivity index (χ0) is 38.8. The molecule has 5 heterocycles. The first-order chi connectivity index (χ1) is 27.2. The summed E-state index contributed by atoms with van der Waals surface area (Å²) in [5, 5.41) is 13.7. The zero-order valence-corrected chi connectivity index (χ0v) is 32.4. The summed E-state index contributed by atoms with van der Waals surface area (Å²) < 4.78 is 20.8. The minimum absolute atomic E-state index is 0.121. The smallest absolute Gasteiger partial charge is 0.431 e. The normalized spacial score (nSPS) is 18.0. The Bertz CT molecular complexity index is 2290. The van der Waals surface area contributed by atoms with Crippen LogP contribution in [0.1, 0.15) is 116 Å². The lowest BCUT2D eigenvalue weighted by Crippen LogP contribution is -2.28. The minimum atomic E-state index is -1.17. The second-order valence-corrected chi connectivity index (χ2v) is 15.9.